The number of nitrogens with zero attached hydrogens (tertiary/aromatic N) is 1. The lowest BCUT2D eigenvalue weighted by molar-refractivity contribution is 0.581. The number of benzene rings is 3. The minimum Gasteiger partial charge on any atom is -0.227 e. The van der Waals surface area contributed by atoms with Gasteiger partial charge in [-0.1, -0.05) is 91.0 Å². The molecular weight excluding hydrogens is 353 g/mol. The lowest BCUT2D eigenvalue weighted by atomic mass is 9.84. The van der Waals surface area contributed by atoms with Crippen LogP contribution in [0.25, 0.3) is 0 Å². The Bertz CT molecular complexity index is 890. The molecule has 3 aromatic carbocycles. The van der Waals surface area contributed by atoms with Crippen LogP contribution in [0.2, 0.25) is 0 Å². The van der Waals surface area contributed by atoms with Crippen molar-refractivity contribution in [3.8, 4) is 0 Å². The smallest absolute Gasteiger partial charge is 0.212 e. The van der Waals surface area contributed by atoms with Gasteiger partial charge in [0.25, 0.3) is 0 Å². The van der Waals surface area contributed by atoms with E-state index in [0.29, 0.717) is 0 Å². The van der Waals surface area contributed by atoms with E-state index in [4.69, 9.17) is 0 Å². The summed E-state index contributed by atoms with van der Waals surface area (Å²) in [6.07, 6.45) is 1.60. The fourth-order valence-electron chi connectivity index (χ4n) is 3.29. The van der Waals surface area contributed by atoms with E-state index < -0.39 is 10.7 Å². The van der Waals surface area contributed by atoms with Crippen molar-refractivity contribution in [2.45, 2.75) is 9.64 Å². The largest absolute Gasteiger partial charge is 0.227 e. The third-order valence-corrected chi connectivity index (χ3v) is 6.00. The summed E-state index contributed by atoms with van der Waals surface area (Å²) in [4.78, 5) is 4.77. The lowest BCUT2D eigenvalue weighted by Gasteiger charge is -2.35. The molecule has 132 valence electrons. The van der Waals surface area contributed by atoms with E-state index in [1.54, 1.807) is 24.0 Å². The second kappa shape index (κ2) is 7.77. The maximum Gasteiger partial charge on any atom is 0.212 e. The highest BCUT2D eigenvalue weighted by Gasteiger charge is 2.37. The average molecular weight is 371 g/mol. The zero-order chi connectivity index (χ0) is 18.5. The molecule has 0 spiro atoms. The highest BCUT2D eigenvalue weighted by Crippen LogP contribution is 2.51. The molecular formula is C24H18FNS. The number of hydrogen-bond donors (Lipinski definition) is 0. The fourth-order valence-corrected chi connectivity index (χ4v) is 4.65. The van der Waals surface area contributed by atoms with Crippen molar-refractivity contribution in [2.75, 3.05) is 0 Å². The molecule has 0 fully saturated rings. The first-order chi connectivity index (χ1) is 13.3. The van der Waals surface area contributed by atoms with Gasteiger partial charge in [-0.15, -0.1) is 11.8 Å². The van der Waals surface area contributed by atoms with Gasteiger partial charge in [-0.2, -0.15) is 4.39 Å². The Kier molecular flexibility index (Phi) is 5.03. The van der Waals surface area contributed by atoms with Gasteiger partial charge >= 0.3 is 0 Å². The van der Waals surface area contributed by atoms with Gasteiger partial charge in [0.2, 0.25) is 5.95 Å². The second-order valence-corrected chi connectivity index (χ2v) is 7.49. The van der Waals surface area contributed by atoms with Gasteiger partial charge < -0.3 is 0 Å². The summed E-state index contributed by atoms with van der Waals surface area (Å²) in [7, 11) is 0. The Morgan fingerprint density at radius 3 is 1.41 bits per heavy atom. The van der Waals surface area contributed by atoms with Crippen molar-refractivity contribution >= 4 is 11.8 Å². The molecule has 0 aliphatic heterocycles. The first kappa shape index (κ1) is 17.5. The number of aromatic nitrogens is 1. The van der Waals surface area contributed by atoms with Crippen LogP contribution in [0.15, 0.2) is 114 Å². The van der Waals surface area contributed by atoms with Crippen LogP contribution < -0.4 is 0 Å². The molecule has 0 unspecified atom stereocenters. The van der Waals surface area contributed by atoms with E-state index in [1.165, 1.54) is 6.07 Å². The van der Waals surface area contributed by atoms with Gasteiger partial charge in [0.15, 0.2) is 0 Å². The van der Waals surface area contributed by atoms with Crippen molar-refractivity contribution in [3.05, 3.63) is 132 Å². The SMILES string of the molecule is Fc1ccc(SC(c2ccccc2)(c2ccccc2)c2ccccc2)cn1. The van der Waals surface area contributed by atoms with Crippen molar-refractivity contribution in [1.82, 2.24) is 4.98 Å². The van der Waals surface area contributed by atoms with Gasteiger partial charge in [-0.3, -0.25) is 0 Å². The van der Waals surface area contributed by atoms with E-state index in [-0.39, 0.29) is 0 Å². The van der Waals surface area contributed by atoms with Crippen LogP contribution in [0.1, 0.15) is 16.7 Å². The molecule has 4 aromatic rings. The van der Waals surface area contributed by atoms with Gasteiger partial charge in [-0.25, -0.2) is 4.98 Å². The quantitative estimate of drug-likeness (QED) is 0.232. The molecule has 1 heterocycles. The van der Waals surface area contributed by atoms with Gasteiger partial charge in [-0.05, 0) is 28.8 Å². The molecule has 4 rings (SSSR count). The molecule has 27 heavy (non-hydrogen) atoms. The molecule has 1 nitrogen and oxygen atoms in total. The molecule has 0 saturated carbocycles. The first-order valence-electron chi connectivity index (χ1n) is 8.76. The molecule has 0 bridgehead atoms. The normalized spacial score (nSPS) is 11.3. The van der Waals surface area contributed by atoms with E-state index in [2.05, 4.69) is 77.8 Å². The second-order valence-electron chi connectivity index (χ2n) is 6.20. The van der Waals surface area contributed by atoms with Gasteiger partial charge in [0.1, 0.15) is 0 Å². The Hall–Kier alpha value is -2.91. The standard InChI is InChI=1S/C24H18FNS/c25-23-17-16-22(18-26-23)27-24(19-10-4-1-5-11-19,20-12-6-2-7-13-20)21-14-8-3-9-15-21/h1-18H. The lowest BCUT2D eigenvalue weighted by Crippen LogP contribution is -2.25. The van der Waals surface area contributed by atoms with Crippen molar-refractivity contribution < 1.29 is 4.39 Å². The summed E-state index contributed by atoms with van der Waals surface area (Å²) in [5, 5.41) is 0. The van der Waals surface area contributed by atoms with Crippen LogP contribution in [0.3, 0.4) is 0 Å². The molecule has 3 heteroatoms. The molecule has 0 amide bonds. The summed E-state index contributed by atoms with van der Waals surface area (Å²) in [6.45, 7) is 0. The van der Waals surface area contributed by atoms with E-state index in [9.17, 15) is 4.39 Å². The highest BCUT2D eigenvalue weighted by molar-refractivity contribution is 8.00. The zero-order valence-corrected chi connectivity index (χ0v) is 15.4. The Balaban J connectivity index is 1.98. The summed E-state index contributed by atoms with van der Waals surface area (Å²) in [6, 6.07) is 34.5. The molecule has 0 saturated heterocycles. The molecule has 0 N–H and O–H groups in total. The van der Waals surface area contributed by atoms with Crippen molar-refractivity contribution in [1.29, 1.82) is 0 Å². The molecule has 0 atom stereocenters. The number of thioether (sulfide) groups is 1. The van der Waals surface area contributed by atoms with Crippen LogP contribution in [0, 0.1) is 5.95 Å². The number of pyridine rings is 1. The minimum atomic E-state index is -0.469. The monoisotopic (exact) mass is 371 g/mol. The summed E-state index contributed by atoms with van der Waals surface area (Å²) < 4.78 is 12.9. The van der Waals surface area contributed by atoms with Crippen molar-refractivity contribution in [2.24, 2.45) is 0 Å². The van der Waals surface area contributed by atoms with Crippen LogP contribution in [0.5, 0.6) is 0 Å². The van der Waals surface area contributed by atoms with E-state index >= 15 is 0 Å². The summed E-state index contributed by atoms with van der Waals surface area (Å²) in [5.74, 6) is -0.468. The molecule has 0 aliphatic carbocycles. The zero-order valence-electron chi connectivity index (χ0n) is 14.6. The molecule has 1 aromatic heterocycles. The fraction of sp³-hybridized carbons (Fsp3) is 0.0417. The average Bonchev–Trinajstić information content (AvgIpc) is 2.75. The third kappa shape index (κ3) is 3.51. The van der Waals surface area contributed by atoms with Crippen LogP contribution in [-0.2, 0) is 4.75 Å². The number of hydrogen-bond acceptors (Lipinski definition) is 2. The number of halogens is 1. The first-order valence-corrected chi connectivity index (χ1v) is 9.58. The maximum atomic E-state index is 13.4. The Morgan fingerprint density at radius 2 is 1.04 bits per heavy atom. The summed E-state index contributed by atoms with van der Waals surface area (Å²) >= 11 is 1.67. The molecule has 0 radical (unpaired) electrons. The van der Waals surface area contributed by atoms with Crippen molar-refractivity contribution in [3.63, 3.8) is 0 Å². The van der Waals surface area contributed by atoms with E-state index in [1.807, 2.05) is 18.2 Å². The summed E-state index contributed by atoms with van der Waals surface area (Å²) in [5.41, 5.74) is 3.49. The van der Waals surface area contributed by atoms with E-state index in [0.717, 1.165) is 21.6 Å². The van der Waals surface area contributed by atoms with Gasteiger partial charge in [0, 0.05) is 11.1 Å². The predicted molar refractivity (Wildman–Crippen MR) is 109 cm³/mol. The Morgan fingerprint density at radius 1 is 0.593 bits per heavy atom. The van der Waals surface area contributed by atoms with Crippen LogP contribution >= 0.6 is 11.8 Å². The predicted octanol–water partition coefficient (Wildman–Crippen LogP) is 6.30. The minimum absolute atomic E-state index is 0.468. The Labute approximate surface area is 162 Å². The van der Waals surface area contributed by atoms with Gasteiger partial charge in [0.05, 0.1) is 4.75 Å². The third-order valence-electron chi connectivity index (χ3n) is 4.51. The maximum absolute atomic E-state index is 13.4. The molecule has 0 aliphatic rings. The highest BCUT2D eigenvalue weighted by atomic mass is 32.2. The van der Waals surface area contributed by atoms with Crippen LogP contribution in [0.4, 0.5) is 4.39 Å². The topological polar surface area (TPSA) is 12.9 Å². The van der Waals surface area contributed by atoms with Crippen LogP contribution in [-0.4, -0.2) is 4.98 Å². The number of rotatable bonds is 5.